The van der Waals surface area contributed by atoms with Gasteiger partial charge in [0, 0.05) is 29.7 Å². The molecule has 1 aliphatic heterocycles. The Bertz CT molecular complexity index is 880. The highest BCUT2D eigenvalue weighted by molar-refractivity contribution is 6.03. The number of ether oxygens (including phenoxy) is 1. The first-order valence-electron chi connectivity index (χ1n) is 8.83. The van der Waals surface area contributed by atoms with Crippen molar-refractivity contribution in [3.05, 3.63) is 47.2 Å². The molecule has 2 heterocycles. The molecule has 5 nitrogen and oxygen atoms in total. The van der Waals surface area contributed by atoms with Crippen LogP contribution in [0.25, 0.3) is 10.9 Å². The van der Waals surface area contributed by atoms with Crippen LogP contribution in [0.1, 0.15) is 29.4 Å². The molecule has 2 aliphatic rings. The molecule has 1 aromatic heterocycles. The van der Waals surface area contributed by atoms with Gasteiger partial charge in [0.05, 0.1) is 19.3 Å². The quantitative estimate of drug-likeness (QED) is 0.612. The number of para-hydroxylation sites is 1. The number of aromatic amines is 1. The zero-order valence-electron chi connectivity index (χ0n) is 14.5. The number of quaternary nitrogens is 1. The number of H-pyrrole nitrogens is 1. The highest BCUT2D eigenvalue weighted by atomic mass is 16.5. The number of allylic oxidation sites excluding steroid dienone is 1. The number of rotatable bonds is 1. The molecular weight excluding hydrogens is 316 g/mol. The number of methoxy groups -OCH3 is 1. The van der Waals surface area contributed by atoms with Crippen molar-refractivity contribution in [3.63, 3.8) is 0 Å². The Morgan fingerprint density at radius 1 is 1.32 bits per heavy atom. The van der Waals surface area contributed by atoms with Gasteiger partial charge in [-0.25, -0.2) is 0 Å². The van der Waals surface area contributed by atoms with E-state index in [0.717, 1.165) is 23.0 Å². The van der Waals surface area contributed by atoms with Crippen LogP contribution >= 0.6 is 0 Å². The van der Waals surface area contributed by atoms with Crippen molar-refractivity contribution in [1.29, 1.82) is 0 Å². The second-order valence-electron chi connectivity index (χ2n) is 6.98. The third-order valence-corrected chi connectivity index (χ3v) is 5.81. The van der Waals surface area contributed by atoms with Gasteiger partial charge in [-0.15, -0.1) is 0 Å². The van der Waals surface area contributed by atoms with Crippen molar-refractivity contribution in [1.82, 2.24) is 4.98 Å². The normalized spacial score (nSPS) is 27.7. The molecule has 3 atom stereocenters. The zero-order valence-corrected chi connectivity index (χ0v) is 14.5. The van der Waals surface area contributed by atoms with E-state index < -0.39 is 0 Å². The molecule has 130 valence electrons. The van der Waals surface area contributed by atoms with E-state index in [9.17, 15) is 9.59 Å². The van der Waals surface area contributed by atoms with Crippen molar-refractivity contribution in [3.8, 4) is 0 Å². The van der Waals surface area contributed by atoms with Crippen LogP contribution in [-0.2, 0) is 16.0 Å². The van der Waals surface area contributed by atoms with E-state index in [1.54, 1.807) is 0 Å². The first kappa shape index (κ1) is 16.1. The summed E-state index contributed by atoms with van der Waals surface area (Å²) in [6.07, 6.45) is 3.09. The molecule has 5 heteroatoms. The SMILES string of the molecule is CC=C1C[NH2+][C@H]2Cc3c([nH]c4ccccc34)C(=O)C[C@@H]1[C@@H]2C(=O)OC. The summed E-state index contributed by atoms with van der Waals surface area (Å²) in [6, 6.07) is 8.09. The van der Waals surface area contributed by atoms with Crippen LogP contribution < -0.4 is 5.32 Å². The molecule has 2 bridgehead atoms. The molecule has 4 rings (SSSR count). The maximum Gasteiger partial charge on any atom is 0.315 e. The minimum Gasteiger partial charge on any atom is -0.469 e. The van der Waals surface area contributed by atoms with Gasteiger partial charge in [-0.1, -0.05) is 24.3 Å². The summed E-state index contributed by atoms with van der Waals surface area (Å²) >= 11 is 0. The fraction of sp³-hybridized carbons (Fsp3) is 0.400. The number of aromatic nitrogens is 1. The number of carbonyl (C=O) groups excluding carboxylic acids is 2. The molecule has 0 saturated carbocycles. The molecule has 0 radical (unpaired) electrons. The van der Waals surface area contributed by atoms with E-state index in [4.69, 9.17) is 4.74 Å². The third-order valence-electron chi connectivity index (χ3n) is 5.81. The second-order valence-corrected chi connectivity index (χ2v) is 6.98. The maximum absolute atomic E-state index is 13.0. The number of benzene rings is 1. The molecule has 0 amide bonds. The summed E-state index contributed by atoms with van der Waals surface area (Å²) in [7, 11) is 1.44. The number of esters is 1. The van der Waals surface area contributed by atoms with Gasteiger partial charge in [-0.3, -0.25) is 9.59 Å². The lowest BCUT2D eigenvalue weighted by Gasteiger charge is -2.37. The summed E-state index contributed by atoms with van der Waals surface area (Å²) in [5.74, 6) is -0.471. The maximum atomic E-state index is 13.0. The fourth-order valence-electron chi connectivity index (χ4n) is 4.58. The topological polar surface area (TPSA) is 75.8 Å². The van der Waals surface area contributed by atoms with E-state index in [1.807, 2.05) is 37.3 Å². The molecule has 0 unspecified atom stereocenters. The Hall–Kier alpha value is -2.40. The number of Topliss-reactive ketones (excluding diaryl/α,β-unsaturated/α-hetero) is 1. The average Bonchev–Trinajstić information content (AvgIpc) is 2.99. The molecular formula is C20H23N2O3+. The minimum absolute atomic E-state index is 0.0699. The van der Waals surface area contributed by atoms with Gasteiger partial charge < -0.3 is 15.0 Å². The van der Waals surface area contributed by atoms with Crippen LogP contribution in [0.4, 0.5) is 0 Å². The smallest absolute Gasteiger partial charge is 0.315 e. The van der Waals surface area contributed by atoms with E-state index in [2.05, 4.69) is 10.3 Å². The van der Waals surface area contributed by atoms with Gasteiger partial charge in [-0.2, -0.15) is 0 Å². The van der Waals surface area contributed by atoms with Crippen LogP contribution in [0.15, 0.2) is 35.9 Å². The van der Waals surface area contributed by atoms with Crippen LogP contribution in [0, 0.1) is 11.8 Å². The van der Waals surface area contributed by atoms with Gasteiger partial charge in [0.2, 0.25) is 0 Å². The number of fused-ring (bicyclic) bond motifs is 5. The Kier molecular flexibility index (Phi) is 3.96. The van der Waals surface area contributed by atoms with Crippen molar-refractivity contribution < 1.29 is 19.6 Å². The predicted octanol–water partition coefficient (Wildman–Crippen LogP) is 1.59. The molecule has 3 N–H and O–H groups in total. The Balaban J connectivity index is 1.87. The summed E-state index contributed by atoms with van der Waals surface area (Å²) in [6.45, 7) is 2.82. The van der Waals surface area contributed by atoms with Crippen LogP contribution in [0.2, 0.25) is 0 Å². The van der Waals surface area contributed by atoms with E-state index >= 15 is 0 Å². The first-order chi connectivity index (χ1) is 12.1. The molecule has 1 fully saturated rings. The predicted molar refractivity (Wildman–Crippen MR) is 94.3 cm³/mol. The summed E-state index contributed by atoms with van der Waals surface area (Å²) in [5.41, 5.74) is 3.90. The molecule has 2 aromatic rings. The zero-order chi connectivity index (χ0) is 17.6. The van der Waals surface area contributed by atoms with Crippen molar-refractivity contribution in [2.24, 2.45) is 11.8 Å². The lowest BCUT2D eigenvalue weighted by molar-refractivity contribution is -0.696. The number of carbonyl (C=O) groups is 2. The monoisotopic (exact) mass is 339 g/mol. The second kappa shape index (κ2) is 6.15. The number of nitrogens with two attached hydrogens (primary N) is 1. The highest BCUT2D eigenvalue weighted by Gasteiger charge is 2.47. The van der Waals surface area contributed by atoms with Gasteiger partial charge in [0.25, 0.3) is 0 Å². The van der Waals surface area contributed by atoms with Gasteiger partial charge in [0.1, 0.15) is 12.0 Å². The number of piperidine rings is 1. The minimum atomic E-state index is -0.282. The number of hydrogen-bond donors (Lipinski definition) is 2. The van der Waals surface area contributed by atoms with Crippen molar-refractivity contribution in [2.75, 3.05) is 13.7 Å². The summed E-state index contributed by atoms with van der Waals surface area (Å²) < 4.78 is 5.10. The number of hydrogen-bond acceptors (Lipinski definition) is 3. The van der Waals surface area contributed by atoms with E-state index in [0.29, 0.717) is 18.5 Å². The molecule has 1 saturated heterocycles. The largest absolute Gasteiger partial charge is 0.469 e. The lowest BCUT2D eigenvalue weighted by Crippen LogP contribution is -2.95. The Labute approximate surface area is 146 Å². The van der Waals surface area contributed by atoms with Crippen LogP contribution in [0.5, 0.6) is 0 Å². The number of ketones is 1. The molecule has 25 heavy (non-hydrogen) atoms. The molecule has 1 aromatic carbocycles. The van der Waals surface area contributed by atoms with Gasteiger partial charge in [0.15, 0.2) is 5.78 Å². The fourth-order valence-corrected chi connectivity index (χ4v) is 4.58. The highest BCUT2D eigenvalue weighted by Crippen LogP contribution is 2.36. The lowest BCUT2D eigenvalue weighted by atomic mass is 9.71. The van der Waals surface area contributed by atoms with Crippen molar-refractivity contribution >= 4 is 22.7 Å². The first-order valence-corrected chi connectivity index (χ1v) is 8.83. The van der Waals surface area contributed by atoms with Crippen LogP contribution in [0.3, 0.4) is 0 Å². The summed E-state index contributed by atoms with van der Waals surface area (Å²) in [5, 5.41) is 3.31. The van der Waals surface area contributed by atoms with Gasteiger partial charge in [-0.05, 0) is 24.1 Å². The van der Waals surface area contributed by atoms with Crippen molar-refractivity contribution in [2.45, 2.75) is 25.8 Å². The molecule has 0 spiro atoms. The molecule has 1 aliphatic carbocycles. The van der Waals surface area contributed by atoms with E-state index in [1.165, 1.54) is 12.7 Å². The van der Waals surface area contributed by atoms with Gasteiger partial charge >= 0.3 is 5.97 Å². The average molecular weight is 339 g/mol. The third kappa shape index (κ3) is 2.50. The summed E-state index contributed by atoms with van der Waals surface area (Å²) in [4.78, 5) is 28.9. The van der Waals surface area contributed by atoms with Crippen LogP contribution in [-0.4, -0.2) is 36.4 Å². The standard InChI is InChI=1S/C20H22N2O3/c1-3-11-10-21-16-8-14-12-6-4-5-7-15(12)22-19(14)17(23)9-13(11)18(16)20(24)25-2/h3-7,13,16,18,21-22H,8-10H2,1-2H3/p+1/t13-,16-,18-/m0/s1. The Morgan fingerprint density at radius 2 is 2.12 bits per heavy atom. The number of nitrogens with one attached hydrogen (secondary N) is 1. The van der Waals surface area contributed by atoms with E-state index in [-0.39, 0.29) is 29.6 Å². The Morgan fingerprint density at radius 3 is 2.88 bits per heavy atom.